The number of halogens is 2. The van der Waals surface area contributed by atoms with Crippen molar-refractivity contribution in [3.05, 3.63) is 103 Å². The number of rotatable bonds is 4. The van der Waals surface area contributed by atoms with Gasteiger partial charge in [-0.2, -0.15) is 0 Å². The van der Waals surface area contributed by atoms with Gasteiger partial charge in [0.05, 0.1) is 16.5 Å². The lowest BCUT2D eigenvalue weighted by Gasteiger charge is -2.49. The van der Waals surface area contributed by atoms with E-state index >= 15 is 0 Å². The molecule has 0 aliphatic carbocycles. The van der Waals surface area contributed by atoms with Crippen LogP contribution in [0.4, 0.5) is 15.8 Å². The zero-order valence-corrected chi connectivity index (χ0v) is 19.2. The molecular weight excluding hydrogens is 509 g/mol. The van der Waals surface area contributed by atoms with Gasteiger partial charge in [-0.05, 0) is 48.4 Å². The maximum atomic E-state index is 14.3. The van der Waals surface area contributed by atoms with Gasteiger partial charge in [0.25, 0.3) is 23.4 Å². The molecule has 0 unspecified atom stereocenters. The van der Waals surface area contributed by atoms with Crippen LogP contribution in [0.3, 0.4) is 0 Å². The van der Waals surface area contributed by atoms with Crippen molar-refractivity contribution >= 4 is 45.0 Å². The van der Waals surface area contributed by atoms with Gasteiger partial charge in [0.1, 0.15) is 17.4 Å². The van der Waals surface area contributed by atoms with Crippen molar-refractivity contribution in [2.24, 2.45) is 0 Å². The third kappa shape index (κ3) is 3.13. The van der Waals surface area contributed by atoms with Gasteiger partial charge < -0.3 is 4.90 Å². The molecule has 3 amide bonds. The van der Waals surface area contributed by atoms with Crippen LogP contribution in [0.1, 0.15) is 37.9 Å². The van der Waals surface area contributed by atoms with Crippen LogP contribution in [-0.2, 0) is 4.79 Å². The number of β-lactam (4-membered cyclic amide) rings is 1. The van der Waals surface area contributed by atoms with Crippen LogP contribution in [0.25, 0.3) is 0 Å². The summed E-state index contributed by atoms with van der Waals surface area (Å²) in [4.78, 5) is 52.7. The number of carbonyl (C=O) groups is 3. The smallest absolute Gasteiger partial charge is 0.282 e. The number of aryl methyl sites for hydroxylation is 1. The highest BCUT2D eigenvalue weighted by molar-refractivity contribution is 9.10. The number of hydrogen-bond donors (Lipinski definition) is 0. The normalized spacial score (nSPS) is 19.3. The van der Waals surface area contributed by atoms with Crippen molar-refractivity contribution in [2.75, 3.05) is 4.90 Å². The minimum absolute atomic E-state index is 0.125. The highest BCUT2D eigenvalue weighted by Crippen LogP contribution is 2.45. The number of amides is 3. The Labute approximate surface area is 200 Å². The minimum atomic E-state index is -1.24. The lowest BCUT2D eigenvalue weighted by atomic mass is 9.86. The third-order valence-corrected chi connectivity index (χ3v) is 6.58. The Morgan fingerprint density at radius 3 is 2.35 bits per heavy atom. The van der Waals surface area contributed by atoms with Crippen molar-refractivity contribution in [3.63, 3.8) is 0 Å². The molecule has 1 fully saturated rings. The molecule has 2 aliphatic heterocycles. The molecule has 0 radical (unpaired) electrons. The molecule has 0 aromatic heterocycles. The number of anilines is 1. The zero-order valence-electron chi connectivity index (χ0n) is 17.6. The summed E-state index contributed by atoms with van der Waals surface area (Å²) >= 11 is 3.39. The second-order valence-electron chi connectivity index (χ2n) is 8.02. The Kier molecular flexibility index (Phi) is 5.05. The van der Waals surface area contributed by atoms with Crippen LogP contribution in [-0.4, -0.2) is 33.6 Å². The average Bonchev–Trinajstić information content (AvgIpc) is 3.05. The monoisotopic (exact) mass is 523 g/mol. The standard InChI is InChI=1S/C24H15BrFN3O5/c1-12-8-9-15(11-17(12)26)27-20(13-4-2-5-14(25)10-13)21(24(27)32)28-22(30)16-6-3-7-18(29(33)34)19(16)23(28)31/h2-11,20-21H,1H3/t20-,21+/m0/s1. The van der Waals surface area contributed by atoms with Gasteiger partial charge in [-0.25, -0.2) is 4.39 Å². The topological polar surface area (TPSA) is 101 Å². The van der Waals surface area contributed by atoms with E-state index in [4.69, 9.17) is 0 Å². The molecular formula is C24H15BrFN3O5. The fourth-order valence-corrected chi connectivity index (χ4v) is 4.87. The molecule has 3 aromatic carbocycles. The van der Waals surface area contributed by atoms with Gasteiger partial charge in [-0.1, -0.05) is 40.2 Å². The van der Waals surface area contributed by atoms with E-state index < -0.39 is 46.2 Å². The van der Waals surface area contributed by atoms with E-state index in [1.807, 2.05) is 0 Å². The van der Waals surface area contributed by atoms with Crippen molar-refractivity contribution in [2.45, 2.75) is 19.0 Å². The minimum Gasteiger partial charge on any atom is -0.300 e. The molecule has 0 bridgehead atoms. The molecule has 8 nitrogen and oxygen atoms in total. The molecule has 0 spiro atoms. The summed E-state index contributed by atoms with van der Waals surface area (Å²) in [5.41, 5.74) is 0.322. The van der Waals surface area contributed by atoms with E-state index in [2.05, 4.69) is 15.9 Å². The lowest BCUT2D eigenvalue weighted by Crippen LogP contribution is -2.67. The van der Waals surface area contributed by atoms with E-state index in [0.29, 0.717) is 15.6 Å². The van der Waals surface area contributed by atoms with Gasteiger partial charge in [-0.15, -0.1) is 0 Å². The van der Waals surface area contributed by atoms with Crippen LogP contribution >= 0.6 is 15.9 Å². The second kappa shape index (κ2) is 7.84. The van der Waals surface area contributed by atoms with E-state index in [1.165, 1.54) is 29.2 Å². The molecule has 0 N–H and O–H groups in total. The fourth-order valence-electron chi connectivity index (χ4n) is 4.46. The Morgan fingerprint density at radius 2 is 1.68 bits per heavy atom. The molecule has 1 saturated heterocycles. The zero-order chi connectivity index (χ0) is 24.3. The summed E-state index contributed by atoms with van der Waals surface area (Å²) < 4.78 is 15.0. The molecule has 2 heterocycles. The first-order chi connectivity index (χ1) is 16.2. The van der Waals surface area contributed by atoms with Gasteiger partial charge in [0.15, 0.2) is 0 Å². The summed E-state index contributed by atoms with van der Waals surface area (Å²) in [5, 5.41) is 11.5. The number of benzene rings is 3. The maximum Gasteiger partial charge on any atom is 0.282 e. The molecule has 0 saturated carbocycles. The summed E-state index contributed by atoms with van der Waals surface area (Å²) in [6.45, 7) is 1.59. The predicted molar refractivity (Wildman–Crippen MR) is 123 cm³/mol. The largest absolute Gasteiger partial charge is 0.300 e. The number of fused-ring (bicyclic) bond motifs is 1. The van der Waals surface area contributed by atoms with E-state index in [-0.39, 0.29) is 16.8 Å². The molecule has 5 rings (SSSR count). The molecule has 2 aliphatic rings. The van der Waals surface area contributed by atoms with Crippen LogP contribution in [0, 0.1) is 22.9 Å². The maximum absolute atomic E-state index is 14.3. The Morgan fingerprint density at radius 1 is 0.941 bits per heavy atom. The molecule has 3 aromatic rings. The van der Waals surface area contributed by atoms with Crippen LogP contribution in [0.15, 0.2) is 65.1 Å². The van der Waals surface area contributed by atoms with Crippen LogP contribution in [0.5, 0.6) is 0 Å². The summed E-state index contributed by atoms with van der Waals surface area (Å²) in [6.07, 6.45) is 0. The van der Waals surface area contributed by atoms with Crippen LogP contribution in [0.2, 0.25) is 0 Å². The first-order valence-electron chi connectivity index (χ1n) is 10.2. The molecule has 170 valence electrons. The quantitative estimate of drug-likeness (QED) is 0.216. The van der Waals surface area contributed by atoms with Crippen molar-refractivity contribution in [3.8, 4) is 0 Å². The average molecular weight is 524 g/mol. The molecule has 10 heteroatoms. The van der Waals surface area contributed by atoms with Crippen molar-refractivity contribution in [1.82, 2.24) is 4.90 Å². The molecule has 2 atom stereocenters. The highest BCUT2D eigenvalue weighted by atomic mass is 79.9. The van der Waals surface area contributed by atoms with Crippen LogP contribution < -0.4 is 4.90 Å². The van der Waals surface area contributed by atoms with Crippen molar-refractivity contribution < 1.29 is 23.7 Å². The summed E-state index contributed by atoms with van der Waals surface area (Å²) in [7, 11) is 0. The van der Waals surface area contributed by atoms with Crippen molar-refractivity contribution in [1.29, 1.82) is 0 Å². The van der Waals surface area contributed by atoms with Gasteiger partial charge in [0, 0.05) is 16.2 Å². The van der Waals surface area contributed by atoms with E-state index in [0.717, 1.165) is 11.0 Å². The SMILES string of the molecule is Cc1ccc(N2C(=O)[C@H](N3C(=O)c4cccc([N+](=O)[O-])c4C3=O)[C@@H]2c2cccc(Br)c2)cc1F. The van der Waals surface area contributed by atoms with Gasteiger partial charge in [-0.3, -0.25) is 29.4 Å². The highest BCUT2D eigenvalue weighted by Gasteiger charge is 2.58. The van der Waals surface area contributed by atoms with E-state index in [1.54, 1.807) is 37.3 Å². The van der Waals surface area contributed by atoms with Gasteiger partial charge in [0.2, 0.25) is 0 Å². The number of imide groups is 1. The summed E-state index contributed by atoms with van der Waals surface area (Å²) in [6, 6.07) is 13.1. The Hall–Kier alpha value is -3.92. The number of hydrogen-bond acceptors (Lipinski definition) is 5. The first kappa shape index (κ1) is 21.9. The first-order valence-corrected chi connectivity index (χ1v) is 11.0. The molecule has 34 heavy (non-hydrogen) atoms. The van der Waals surface area contributed by atoms with E-state index in [9.17, 15) is 28.9 Å². The Bertz CT molecular complexity index is 1430. The third-order valence-electron chi connectivity index (χ3n) is 6.09. The number of nitrogens with zero attached hydrogens (tertiary/aromatic N) is 3. The second-order valence-corrected chi connectivity index (χ2v) is 8.94. The lowest BCUT2D eigenvalue weighted by molar-refractivity contribution is -0.385. The number of carbonyl (C=O) groups excluding carboxylic acids is 3. The number of nitro benzene ring substituents is 1. The number of nitro groups is 1. The summed E-state index contributed by atoms with van der Waals surface area (Å²) in [5.74, 6) is -2.78. The predicted octanol–water partition coefficient (Wildman–Crippen LogP) is 4.56. The Balaban J connectivity index is 1.62. The fraction of sp³-hybridized carbons (Fsp3) is 0.125. The van der Waals surface area contributed by atoms with Gasteiger partial charge >= 0.3 is 0 Å².